The highest BCUT2D eigenvalue weighted by Crippen LogP contribution is 2.20. The van der Waals surface area contributed by atoms with Crippen LogP contribution in [0.5, 0.6) is 0 Å². The van der Waals surface area contributed by atoms with E-state index in [-0.39, 0.29) is 11.9 Å². The number of nitrogens with zero attached hydrogens (tertiary/aromatic N) is 5. The highest BCUT2D eigenvalue weighted by molar-refractivity contribution is 5.98. The third kappa shape index (κ3) is 3.50. The number of hydrogen-bond donors (Lipinski definition) is 3. The van der Waals surface area contributed by atoms with Crippen LogP contribution in [0.25, 0.3) is 0 Å². The zero-order valence-corrected chi connectivity index (χ0v) is 12.3. The molecule has 1 amide bonds. The van der Waals surface area contributed by atoms with Crippen molar-refractivity contribution in [3.05, 3.63) is 0 Å². The molecule has 2 atom stereocenters. The molecule has 112 valence electrons. The van der Waals surface area contributed by atoms with E-state index in [1.54, 1.807) is 20.9 Å². The fourth-order valence-electron chi connectivity index (χ4n) is 1.91. The van der Waals surface area contributed by atoms with Gasteiger partial charge in [-0.3, -0.25) is 14.7 Å². The lowest BCUT2D eigenvalue weighted by molar-refractivity contribution is -0.123. The van der Waals surface area contributed by atoms with Gasteiger partial charge in [0.25, 0.3) is 11.9 Å². The normalized spacial score (nSPS) is 16.6. The van der Waals surface area contributed by atoms with E-state index in [0.717, 1.165) is 6.42 Å². The molecule has 0 aliphatic heterocycles. The second kappa shape index (κ2) is 6.42. The molecule has 1 heterocycles. The first-order chi connectivity index (χ1) is 9.30. The van der Waals surface area contributed by atoms with Gasteiger partial charge < -0.3 is 11.5 Å². The first-order valence-corrected chi connectivity index (χ1v) is 6.41. The van der Waals surface area contributed by atoms with E-state index in [1.807, 2.05) is 6.92 Å². The molecule has 20 heavy (non-hydrogen) atoms. The molecule has 1 rings (SSSR count). The number of hydrogen-bond acceptors (Lipinski definition) is 6. The highest BCUT2D eigenvalue weighted by Gasteiger charge is 2.40. The predicted octanol–water partition coefficient (Wildman–Crippen LogP) is -0.574. The van der Waals surface area contributed by atoms with Crippen LogP contribution in [0, 0.1) is 0 Å². The number of nitrogens with two attached hydrogens (primary N) is 2. The van der Waals surface area contributed by atoms with E-state index >= 15 is 0 Å². The number of aromatic nitrogens is 4. The van der Waals surface area contributed by atoms with Crippen molar-refractivity contribution in [2.24, 2.45) is 16.5 Å². The second-order valence-electron chi connectivity index (χ2n) is 4.93. The summed E-state index contributed by atoms with van der Waals surface area (Å²) < 4.78 is 0. The highest BCUT2D eigenvalue weighted by atomic mass is 16.2. The van der Waals surface area contributed by atoms with Gasteiger partial charge in [-0.1, -0.05) is 18.4 Å². The van der Waals surface area contributed by atoms with Gasteiger partial charge >= 0.3 is 0 Å². The van der Waals surface area contributed by atoms with Crippen LogP contribution >= 0.6 is 0 Å². The van der Waals surface area contributed by atoms with Crippen LogP contribution < -0.4 is 16.4 Å². The number of rotatable bonds is 6. The van der Waals surface area contributed by atoms with Gasteiger partial charge in [-0.25, -0.2) is 0 Å². The van der Waals surface area contributed by atoms with Crippen LogP contribution in [0.4, 0.5) is 5.95 Å². The lowest BCUT2D eigenvalue weighted by Gasteiger charge is -2.32. The molecule has 0 saturated carbocycles. The minimum absolute atomic E-state index is 0.162. The lowest BCUT2D eigenvalue weighted by Crippen LogP contribution is -2.59. The molecule has 0 aromatic carbocycles. The Kier molecular flexibility index (Phi) is 5.14. The number of amidine groups is 1. The summed E-state index contributed by atoms with van der Waals surface area (Å²) in [6.07, 6.45) is 1.50. The number of nitrogens with one attached hydrogen (secondary N) is 1. The fourth-order valence-corrected chi connectivity index (χ4v) is 1.91. The van der Waals surface area contributed by atoms with Crippen LogP contribution in [-0.4, -0.2) is 51.0 Å². The van der Waals surface area contributed by atoms with Crippen LogP contribution in [0.3, 0.4) is 0 Å². The molecule has 9 nitrogen and oxygen atoms in total. The Hall–Kier alpha value is -2.03. The van der Waals surface area contributed by atoms with E-state index in [2.05, 4.69) is 25.6 Å². The molecular formula is C11H22N8O. The van der Waals surface area contributed by atoms with Crippen LogP contribution in [0.1, 0.15) is 33.6 Å². The average molecular weight is 282 g/mol. The van der Waals surface area contributed by atoms with Crippen LogP contribution in [0.2, 0.25) is 0 Å². The van der Waals surface area contributed by atoms with Gasteiger partial charge in [0.2, 0.25) is 0 Å². The number of aromatic amines is 1. The van der Waals surface area contributed by atoms with Gasteiger partial charge in [0, 0.05) is 7.05 Å². The zero-order chi connectivity index (χ0) is 15.3. The summed E-state index contributed by atoms with van der Waals surface area (Å²) in [4.78, 5) is 18.1. The third-order valence-electron chi connectivity index (χ3n) is 3.01. The monoisotopic (exact) mass is 282 g/mol. The molecule has 1 aromatic rings. The number of amides is 1. The molecule has 0 bridgehead atoms. The van der Waals surface area contributed by atoms with Crippen molar-refractivity contribution in [1.29, 1.82) is 0 Å². The van der Waals surface area contributed by atoms with Gasteiger partial charge in [0.1, 0.15) is 5.54 Å². The van der Waals surface area contributed by atoms with Crippen LogP contribution in [0.15, 0.2) is 4.99 Å². The number of anilines is 1. The molecule has 0 aliphatic carbocycles. The van der Waals surface area contributed by atoms with Crippen molar-refractivity contribution in [3.8, 4) is 0 Å². The molecule has 0 radical (unpaired) electrons. The SMILES string of the molecule is CCCC(N=C(C)N)C(C)(N)C(=O)N(C)c1nn[nH]n1. The predicted molar refractivity (Wildman–Crippen MR) is 76.2 cm³/mol. The fraction of sp³-hybridized carbons (Fsp3) is 0.727. The van der Waals surface area contributed by atoms with Gasteiger partial charge in [-0.05, 0) is 25.5 Å². The summed E-state index contributed by atoms with van der Waals surface area (Å²) in [6, 6.07) is -0.403. The summed E-state index contributed by atoms with van der Waals surface area (Å²) in [5.74, 6) is 0.216. The molecular weight excluding hydrogens is 260 g/mol. The number of carbonyl (C=O) groups excluding carboxylic acids is 1. The van der Waals surface area contributed by atoms with Crippen molar-refractivity contribution in [1.82, 2.24) is 20.6 Å². The van der Waals surface area contributed by atoms with E-state index in [4.69, 9.17) is 11.5 Å². The summed E-state index contributed by atoms with van der Waals surface area (Å²) >= 11 is 0. The van der Waals surface area contributed by atoms with Crippen molar-refractivity contribution in [3.63, 3.8) is 0 Å². The lowest BCUT2D eigenvalue weighted by atomic mass is 9.89. The Morgan fingerprint density at radius 2 is 2.25 bits per heavy atom. The van der Waals surface area contributed by atoms with Crippen molar-refractivity contribution in [2.45, 2.75) is 45.2 Å². The second-order valence-corrected chi connectivity index (χ2v) is 4.93. The number of carbonyl (C=O) groups is 1. The molecule has 0 aliphatic rings. The molecule has 9 heteroatoms. The smallest absolute Gasteiger partial charge is 0.272 e. The van der Waals surface area contributed by atoms with Crippen LogP contribution in [-0.2, 0) is 4.79 Å². The molecule has 2 unspecified atom stereocenters. The summed E-state index contributed by atoms with van der Waals surface area (Å²) in [5, 5.41) is 13.2. The van der Waals surface area contributed by atoms with Crippen molar-refractivity contribution < 1.29 is 4.79 Å². The van der Waals surface area contributed by atoms with E-state index in [1.165, 1.54) is 4.90 Å². The van der Waals surface area contributed by atoms with Crippen molar-refractivity contribution in [2.75, 3.05) is 11.9 Å². The maximum atomic E-state index is 12.5. The minimum Gasteiger partial charge on any atom is -0.388 e. The minimum atomic E-state index is -1.20. The molecule has 5 N–H and O–H groups in total. The Balaban J connectivity index is 2.99. The van der Waals surface area contributed by atoms with Gasteiger partial charge in [0.05, 0.1) is 11.9 Å². The Morgan fingerprint density at radius 1 is 1.60 bits per heavy atom. The quantitative estimate of drug-likeness (QED) is 0.471. The number of likely N-dealkylation sites (N-methyl/N-ethyl adjacent to an activating group) is 1. The van der Waals surface area contributed by atoms with E-state index < -0.39 is 11.6 Å². The van der Waals surface area contributed by atoms with Gasteiger partial charge in [-0.2, -0.15) is 5.21 Å². The molecule has 0 spiro atoms. The Bertz CT molecular complexity index is 463. The summed E-state index contributed by atoms with van der Waals surface area (Å²) in [5.41, 5.74) is 10.6. The molecule has 0 fully saturated rings. The zero-order valence-electron chi connectivity index (χ0n) is 12.3. The molecule has 0 saturated heterocycles. The molecule has 1 aromatic heterocycles. The Morgan fingerprint density at radius 3 is 2.70 bits per heavy atom. The summed E-state index contributed by atoms with van der Waals surface area (Å²) in [6.45, 7) is 5.31. The maximum absolute atomic E-state index is 12.5. The van der Waals surface area contributed by atoms with E-state index in [9.17, 15) is 4.79 Å². The standard InChI is InChI=1S/C11H22N8O/c1-5-6-8(14-7(2)12)11(3,13)9(20)19(4)10-15-17-18-16-10/h8H,5-6,13H2,1-4H3,(H2,12,14)(H,15,16,17,18). The van der Waals surface area contributed by atoms with Gasteiger partial charge in [-0.15, -0.1) is 5.10 Å². The van der Waals surface area contributed by atoms with E-state index in [0.29, 0.717) is 12.3 Å². The first-order valence-electron chi connectivity index (χ1n) is 6.41. The summed E-state index contributed by atoms with van der Waals surface area (Å²) in [7, 11) is 1.54. The largest absolute Gasteiger partial charge is 0.388 e. The average Bonchev–Trinajstić information content (AvgIpc) is 2.89. The maximum Gasteiger partial charge on any atom is 0.272 e. The number of tetrazole rings is 1. The Labute approximate surface area is 117 Å². The topological polar surface area (TPSA) is 139 Å². The van der Waals surface area contributed by atoms with Gasteiger partial charge in [0.15, 0.2) is 0 Å². The first kappa shape index (κ1) is 16.0. The number of aliphatic imine (C=N–C) groups is 1. The third-order valence-corrected chi connectivity index (χ3v) is 3.01. The van der Waals surface area contributed by atoms with Crippen molar-refractivity contribution >= 4 is 17.7 Å². The number of H-pyrrole nitrogens is 1.